The number of nitrogens with zero attached hydrogens (tertiary/aromatic N) is 4. The number of amides is 2. The molecule has 2 amide bonds. The molecule has 0 atom stereocenters. The van der Waals surface area contributed by atoms with Crippen LogP contribution in [0, 0.1) is 6.92 Å². The van der Waals surface area contributed by atoms with Gasteiger partial charge in [0.15, 0.2) is 5.16 Å². The highest BCUT2D eigenvalue weighted by atomic mass is 32.2. The normalized spacial score (nSPS) is 13.7. The van der Waals surface area contributed by atoms with Gasteiger partial charge in [-0.2, -0.15) is 0 Å². The van der Waals surface area contributed by atoms with E-state index in [0.717, 1.165) is 35.4 Å². The third-order valence-electron chi connectivity index (χ3n) is 5.95. The first-order valence-electron chi connectivity index (χ1n) is 11.8. The van der Waals surface area contributed by atoms with E-state index >= 15 is 0 Å². The number of unbranched alkanes of at least 4 members (excludes halogenated alkanes) is 1. The lowest BCUT2D eigenvalue weighted by molar-refractivity contribution is -0.132. The Hall–Kier alpha value is -2.81. The molecule has 0 N–H and O–H groups in total. The molecule has 3 rings (SSSR count). The Morgan fingerprint density at radius 1 is 1.06 bits per heavy atom. The van der Waals surface area contributed by atoms with Gasteiger partial charge in [-0.25, -0.2) is 9.78 Å². The van der Waals surface area contributed by atoms with Crippen molar-refractivity contribution in [3.63, 3.8) is 0 Å². The summed E-state index contributed by atoms with van der Waals surface area (Å²) in [4.78, 5) is 45.3. The van der Waals surface area contributed by atoms with Gasteiger partial charge in [0, 0.05) is 63.1 Å². The maximum absolute atomic E-state index is 12.9. The second-order valence-corrected chi connectivity index (χ2v) is 9.42. The number of benzene rings is 1. The standard InChI is InChI=1S/C25H34N4O4S/c1-4-33-25(32)29-15-13-28(14-16-29)22(30)12-8-9-17-34-24-26-19(2)21(23(31)27(24)3)18-20-10-6-5-7-11-20/h5-7,10-11H,4,8-9,12-18H2,1-3H3. The molecule has 0 spiro atoms. The first-order valence-corrected chi connectivity index (χ1v) is 12.8. The molecule has 2 heterocycles. The highest BCUT2D eigenvalue weighted by Gasteiger charge is 2.24. The molecular formula is C25H34N4O4S. The van der Waals surface area contributed by atoms with E-state index in [0.29, 0.717) is 50.8 Å². The molecule has 0 aliphatic carbocycles. The van der Waals surface area contributed by atoms with Crippen molar-refractivity contribution in [2.45, 2.75) is 44.7 Å². The quantitative estimate of drug-likeness (QED) is 0.307. The summed E-state index contributed by atoms with van der Waals surface area (Å²) in [5.41, 5.74) is 2.59. The van der Waals surface area contributed by atoms with Crippen LogP contribution in [0.2, 0.25) is 0 Å². The zero-order valence-electron chi connectivity index (χ0n) is 20.3. The number of ether oxygens (including phenoxy) is 1. The predicted octanol–water partition coefficient (Wildman–Crippen LogP) is 3.24. The van der Waals surface area contributed by atoms with Crippen LogP contribution < -0.4 is 5.56 Å². The van der Waals surface area contributed by atoms with Gasteiger partial charge in [0.05, 0.1) is 6.61 Å². The van der Waals surface area contributed by atoms with Crippen LogP contribution in [0.3, 0.4) is 0 Å². The van der Waals surface area contributed by atoms with E-state index in [-0.39, 0.29) is 17.6 Å². The van der Waals surface area contributed by atoms with Crippen LogP contribution >= 0.6 is 11.8 Å². The van der Waals surface area contributed by atoms with Crippen molar-refractivity contribution in [2.75, 3.05) is 38.5 Å². The molecule has 1 aliphatic rings. The van der Waals surface area contributed by atoms with E-state index in [9.17, 15) is 14.4 Å². The maximum atomic E-state index is 12.9. The Bertz CT molecular complexity index is 1030. The highest BCUT2D eigenvalue weighted by Crippen LogP contribution is 2.19. The fourth-order valence-corrected chi connectivity index (χ4v) is 4.92. The summed E-state index contributed by atoms with van der Waals surface area (Å²) >= 11 is 1.55. The van der Waals surface area contributed by atoms with Gasteiger partial charge in [-0.15, -0.1) is 0 Å². The lowest BCUT2D eigenvalue weighted by Crippen LogP contribution is -2.50. The average Bonchev–Trinajstić information content (AvgIpc) is 2.85. The summed E-state index contributed by atoms with van der Waals surface area (Å²) in [6, 6.07) is 9.94. The number of aromatic nitrogens is 2. The number of piperazine rings is 1. The van der Waals surface area contributed by atoms with E-state index in [1.807, 2.05) is 42.2 Å². The smallest absolute Gasteiger partial charge is 0.409 e. The molecule has 0 bridgehead atoms. The molecule has 1 fully saturated rings. The molecule has 2 aromatic rings. The zero-order chi connectivity index (χ0) is 24.5. The number of carbonyl (C=O) groups is 2. The van der Waals surface area contributed by atoms with E-state index in [1.54, 1.807) is 35.2 Å². The molecule has 0 saturated carbocycles. The molecule has 1 aromatic heterocycles. The summed E-state index contributed by atoms with van der Waals surface area (Å²) in [6.45, 7) is 6.16. The van der Waals surface area contributed by atoms with Crippen LogP contribution in [0.25, 0.3) is 0 Å². The fourth-order valence-electron chi connectivity index (χ4n) is 3.92. The molecule has 9 heteroatoms. The number of aryl methyl sites for hydroxylation is 1. The largest absolute Gasteiger partial charge is 0.450 e. The number of hydrogen-bond acceptors (Lipinski definition) is 6. The zero-order valence-corrected chi connectivity index (χ0v) is 21.1. The summed E-state index contributed by atoms with van der Waals surface area (Å²) in [5, 5.41) is 0.709. The summed E-state index contributed by atoms with van der Waals surface area (Å²) in [6.07, 6.45) is 2.40. The lowest BCUT2D eigenvalue weighted by Gasteiger charge is -2.34. The molecule has 0 radical (unpaired) electrons. The molecule has 184 valence electrons. The van der Waals surface area contributed by atoms with E-state index in [2.05, 4.69) is 4.98 Å². The van der Waals surface area contributed by atoms with Gasteiger partial charge in [-0.05, 0) is 32.3 Å². The third kappa shape index (κ3) is 6.85. The molecule has 1 saturated heterocycles. The third-order valence-corrected chi connectivity index (χ3v) is 7.06. The van der Waals surface area contributed by atoms with Gasteiger partial charge in [0.25, 0.3) is 5.56 Å². The Morgan fingerprint density at radius 3 is 2.41 bits per heavy atom. The minimum Gasteiger partial charge on any atom is -0.450 e. The monoisotopic (exact) mass is 486 g/mol. The predicted molar refractivity (Wildman–Crippen MR) is 133 cm³/mol. The Kier molecular flexibility index (Phi) is 9.56. The van der Waals surface area contributed by atoms with Crippen LogP contribution in [-0.4, -0.2) is 69.9 Å². The molecule has 1 aliphatic heterocycles. The topological polar surface area (TPSA) is 84.7 Å². The van der Waals surface area contributed by atoms with Crippen LogP contribution in [0.4, 0.5) is 4.79 Å². The van der Waals surface area contributed by atoms with Gasteiger partial charge in [-0.1, -0.05) is 42.1 Å². The first-order chi connectivity index (χ1) is 16.4. The molecule has 1 aromatic carbocycles. The number of thioether (sulfide) groups is 1. The second kappa shape index (κ2) is 12.6. The van der Waals surface area contributed by atoms with Gasteiger partial charge < -0.3 is 14.5 Å². The van der Waals surface area contributed by atoms with Crippen molar-refractivity contribution in [2.24, 2.45) is 7.05 Å². The van der Waals surface area contributed by atoms with Gasteiger partial charge in [0.1, 0.15) is 0 Å². The molecule has 8 nitrogen and oxygen atoms in total. The number of carbonyl (C=O) groups excluding carboxylic acids is 2. The van der Waals surface area contributed by atoms with E-state index in [1.165, 1.54) is 0 Å². The minimum absolute atomic E-state index is 0.00371. The van der Waals surface area contributed by atoms with E-state index < -0.39 is 0 Å². The lowest BCUT2D eigenvalue weighted by atomic mass is 10.1. The van der Waals surface area contributed by atoms with Crippen LogP contribution in [0.5, 0.6) is 0 Å². The first kappa shape index (κ1) is 25.8. The van der Waals surface area contributed by atoms with Gasteiger partial charge >= 0.3 is 6.09 Å². The Labute approximate surface area is 205 Å². The number of hydrogen-bond donors (Lipinski definition) is 0. The van der Waals surface area contributed by atoms with E-state index in [4.69, 9.17) is 4.74 Å². The fraction of sp³-hybridized carbons (Fsp3) is 0.520. The maximum Gasteiger partial charge on any atom is 0.409 e. The van der Waals surface area contributed by atoms with Crippen molar-refractivity contribution < 1.29 is 14.3 Å². The van der Waals surface area contributed by atoms with Gasteiger partial charge in [-0.3, -0.25) is 14.2 Å². The summed E-state index contributed by atoms with van der Waals surface area (Å²) in [7, 11) is 1.77. The Balaban J connectivity index is 1.42. The highest BCUT2D eigenvalue weighted by molar-refractivity contribution is 7.99. The summed E-state index contributed by atoms with van der Waals surface area (Å²) in [5.74, 6) is 0.918. The van der Waals surface area contributed by atoms with Gasteiger partial charge in [0.2, 0.25) is 5.91 Å². The van der Waals surface area contributed by atoms with Crippen molar-refractivity contribution in [3.05, 3.63) is 57.5 Å². The van der Waals surface area contributed by atoms with Crippen LogP contribution in [0.1, 0.15) is 43.0 Å². The van der Waals surface area contributed by atoms with Crippen LogP contribution in [-0.2, 0) is 23.0 Å². The molecule has 0 unspecified atom stereocenters. The average molecular weight is 487 g/mol. The second-order valence-electron chi connectivity index (χ2n) is 8.36. The van der Waals surface area contributed by atoms with Crippen molar-refractivity contribution in [3.8, 4) is 0 Å². The van der Waals surface area contributed by atoms with Crippen molar-refractivity contribution in [1.29, 1.82) is 0 Å². The summed E-state index contributed by atoms with van der Waals surface area (Å²) < 4.78 is 6.65. The van der Waals surface area contributed by atoms with Crippen LogP contribution in [0.15, 0.2) is 40.3 Å². The molecular weight excluding hydrogens is 452 g/mol. The minimum atomic E-state index is -0.307. The molecule has 34 heavy (non-hydrogen) atoms. The van der Waals surface area contributed by atoms with Crippen molar-refractivity contribution in [1.82, 2.24) is 19.4 Å². The van der Waals surface area contributed by atoms with Crippen molar-refractivity contribution >= 4 is 23.8 Å². The SMILES string of the molecule is CCOC(=O)N1CCN(C(=O)CCCCSc2nc(C)c(Cc3ccccc3)c(=O)n2C)CC1. The number of rotatable bonds is 9. The Morgan fingerprint density at radius 2 is 1.74 bits per heavy atom.